The van der Waals surface area contributed by atoms with Crippen LogP contribution in [0, 0.1) is 0 Å². The number of quaternary nitrogens is 1. The number of likely N-dealkylation sites (N-methyl/N-ethyl adjacent to an activating group) is 1. The van der Waals surface area contributed by atoms with Gasteiger partial charge in [-0.2, -0.15) is 0 Å². The van der Waals surface area contributed by atoms with Gasteiger partial charge in [-0.1, -0.05) is 386 Å². The number of carbonyl (C=O) groups is 2. The predicted octanol–water partition coefficient (Wildman–Crippen LogP) is 25.7. The Morgan fingerprint density at radius 3 is 0.934 bits per heavy atom. The first-order valence-corrected chi connectivity index (χ1v) is 42.1. The molecule has 0 bridgehead atoms. The fourth-order valence-electron chi connectivity index (χ4n) is 12.6. The zero-order chi connectivity index (χ0) is 66.3. The van der Waals surface area contributed by atoms with Gasteiger partial charge in [0.15, 0.2) is 0 Å². The van der Waals surface area contributed by atoms with Crippen molar-refractivity contribution >= 4 is 19.7 Å². The molecule has 1 amide bonds. The first-order valence-electron chi connectivity index (χ1n) is 40.6. The monoisotopic (exact) mass is 1300 g/mol. The number of carbonyl (C=O) groups excluding carboxylic acids is 2. The lowest BCUT2D eigenvalue weighted by Crippen LogP contribution is -2.47. The number of hydrogen-bond donors (Lipinski definition) is 1. The molecule has 3 atom stereocenters. The van der Waals surface area contributed by atoms with E-state index in [1.165, 1.54) is 340 Å². The molecule has 0 heterocycles. The molecule has 0 aliphatic carbocycles. The van der Waals surface area contributed by atoms with E-state index in [0.29, 0.717) is 17.4 Å². The number of esters is 1. The van der Waals surface area contributed by atoms with Gasteiger partial charge < -0.3 is 28.5 Å². The first kappa shape index (κ1) is 89.5. The summed E-state index contributed by atoms with van der Waals surface area (Å²) in [5, 5.41) is 3.06. The molecule has 0 radical (unpaired) electrons. The Kier molecular flexibility index (Phi) is 70.1. The van der Waals surface area contributed by atoms with Crippen LogP contribution in [0.4, 0.5) is 0 Å². The lowest BCUT2D eigenvalue weighted by atomic mass is 10.0. The maximum Gasteiger partial charge on any atom is 0.306 e. The van der Waals surface area contributed by atoms with Gasteiger partial charge in [0, 0.05) is 12.8 Å². The Bertz CT molecular complexity index is 1600. The van der Waals surface area contributed by atoms with Gasteiger partial charge in [-0.05, 0) is 57.4 Å². The van der Waals surface area contributed by atoms with Crippen molar-refractivity contribution in [2.45, 2.75) is 444 Å². The molecule has 0 aliphatic heterocycles. The Hall–Kier alpha value is -1.51. The van der Waals surface area contributed by atoms with Gasteiger partial charge in [0.1, 0.15) is 19.3 Å². The van der Waals surface area contributed by atoms with Crippen LogP contribution in [0.25, 0.3) is 0 Å². The summed E-state index contributed by atoms with van der Waals surface area (Å²) >= 11 is 0. The maximum atomic E-state index is 13.6. The van der Waals surface area contributed by atoms with E-state index in [1.54, 1.807) is 0 Å². The fraction of sp³-hybridized carbons (Fsp3) is 0.926. The van der Waals surface area contributed by atoms with Crippen molar-refractivity contribution in [3.8, 4) is 0 Å². The van der Waals surface area contributed by atoms with Gasteiger partial charge in [0.2, 0.25) is 5.91 Å². The fourth-order valence-corrected chi connectivity index (χ4v) is 13.4. The molecule has 0 aliphatic rings. The Morgan fingerprint density at radius 2 is 0.637 bits per heavy atom. The van der Waals surface area contributed by atoms with E-state index in [-0.39, 0.29) is 31.5 Å². The zero-order valence-electron chi connectivity index (χ0n) is 62.1. The molecule has 0 aromatic carbocycles. The highest BCUT2D eigenvalue weighted by molar-refractivity contribution is 7.45. The first-order chi connectivity index (χ1) is 44.4. The van der Waals surface area contributed by atoms with E-state index in [4.69, 9.17) is 13.8 Å². The molecule has 91 heavy (non-hydrogen) atoms. The van der Waals surface area contributed by atoms with Crippen LogP contribution in [0.15, 0.2) is 24.3 Å². The molecule has 0 aromatic heterocycles. The number of phosphoric ester groups is 1. The Morgan fingerprint density at radius 1 is 0.374 bits per heavy atom. The van der Waals surface area contributed by atoms with E-state index in [2.05, 4.69) is 38.2 Å². The molecule has 10 heteroatoms. The second-order valence-electron chi connectivity index (χ2n) is 29.3. The SMILES string of the molecule is CCCCCCCC/C=C/CCCCCCCCCCCCCCCCCCCC(=O)NC(COP(=O)([O-])OCC[N+](C)(C)C)C(/C=C/CCCCCCCCCCC)OC(=O)CCCCCCCCCCCCCCCCCCCCCCCCCCCCC. The van der Waals surface area contributed by atoms with Crippen LogP contribution in [-0.2, 0) is 27.9 Å². The molecule has 3 unspecified atom stereocenters. The van der Waals surface area contributed by atoms with Gasteiger partial charge in [0.05, 0.1) is 33.8 Å². The standard InChI is InChI=1S/C81H159N2O7P/c1-7-10-13-16-19-22-25-27-29-31-33-35-37-39-41-43-45-47-49-51-53-55-58-61-64-67-70-73-80(84)82-78(77-89-91(86,87)88-76-75-83(4,5)6)79(72-69-66-63-60-57-24-21-18-15-12-9-3)90-81(85)74-71-68-65-62-59-56-54-52-50-48-46-44-42-40-38-36-34-32-30-28-26-23-20-17-14-11-8-2/h27,29,69,72,78-79H,7-26,28,30-68,70-71,73-77H2,1-6H3,(H-,82,84,86,87)/b29-27+,72-69+. The second kappa shape index (κ2) is 71.3. The largest absolute Gasteiger partial charge is 0.756 e. The number of unbranched alkanes of at least 4 members (excludes halogenated alkanes) is 58. The average molecular weight is 1300 g/mol. The van der Waals surface area contributed by atoms with Crippen LogP contribution in [0.1, 0.15) is 432 Å². The summed E-state index contributed by atoms with van der Waals surface area (Å²) in [5.41, 5.74) is 0. The summed E-state index contributed by atoms with van der Waals surface area (Å²) in [6.45, 7) is 6.92. The minimum Gasteiger partial charge on any atom is -0.756 e. The third-order valence-corrected chi connectivity index (χ3v) is 19.8. The van der Waals surface area contributed by atoms with Crippen LogP contribution in [0.5, 0.6) is 0 Å². The van der Waals surface area contributed by atoms with Gasteiger partial charge in [0.25, 0.3) is 7.82 Å². The number of allylic oxidation sites excluding steroid dienone is 3. The molecule has 0 spiro atoms. The number of hydrogen-bond acceptors (Lipinski definition) is 7. The quantitative estimate of drug-likeness (QED) is 0.0212. The molecular weight excluding hydrogens is 1140 g/mol. The van der Waals surface area contributed by atoms with E-state index >= 15 is 0 Å². The van der Waals surface area contributed by atoms with Crippen LogP contribution in [0.3, 0.4) is 0 Å². The molecule has 9 nitrogen and oxygen atoms in total. The molecule has 1 N–H and O–H groups in total. The lowest BCUT2D eigenvalue weighted by molar-refractivity contribution is -0.870. The van der Waals surface area contributed by atoms with Gasteiger partial charge in [-0.3, -0.25) is 14.2 Å². The predicted molar refractivity (Wildman–Crippen MR) is 395 cm³/mol. The van der Waals surface area contributed by atoms with Crippen LogP contribution >= 0.6 is 7.82 Å². The third-order valence-electron chi connectivity index (χ3n) is 18.9. The topological polar surface area (TPSA) is 114 Å². The molecule has 0 rings (SSSR count). The van der Waals surface area contributed by atoms with Gasteiger partial charge in [-0.25, -0.2) is 0 Å². The molecule has 0 aromatic rings. The highest BCUT2D eigenvalue weighted by atomic mass is 31.2. The van der Waals surface area contributed by atoms with Crippen molar-refractivity contribution in [2.24, 2.45) is 0 Å². The van der Waals surface area contributed by atoms with E-state index < -0.39 is 20.0 Å². The minimum atomic E-state index is -4.70. The lowest BCUT2D eigenvalue weighted by Gasteiger charge is -2.30. The third kappa shape index (κ3) is 72.6. The maximum absolute atomic E-state index is 13.6. The summed E-state index contributed by atoms with van der Waals surface area (Å²) in [5.74, 6) is -0.512. The van der Waals surface area contributed by atoms with E-state index in [0.717, 1.165) is 57.8 Å². The van der Waals surface area contributed by atoms with E-state index in [1.807, 2.05) is 33.3 Å². The number of rotatable bonds is 76. The summed E-state index contributed by atoms with van der Waals surface area (Å²) < 4.78 is 30.5. The van der Waals surface area contributed by atoms with Crippen molar-refractivity contribution in [3.05, 3.63) is 24.3 Å². The Balaban J connectivity index is 4.80. The number of amides is 1. The van der Waals surface area contributed by atoms with Crippen molar-refractivity contribution in [2.75, 3.05) is 40.9 Å². The zero-order valence-corrected chi connectivity index (χ0v) is 63.0. The van der Waals surface area contributed by atoms with Crippen molar-refractivity contribution in [1.82, 2.24) is 5.32 Å². The summed E-state index contributed by atoms with van der Waals surface area (Å²) in [6.07, 6.45) is 89.2. The number of phosphoric acid groups is 1. The van der Waals surface area contributed by atoms with Crippen molar-refractivity contribution in [1.29, 1.82) is 0 Å². The van der Waals surface area contributed by atoms with Crippen LogP contribution < -0.4 is 10.2 Å². The number of nitrogens with one attached hydrogen (secondary N) is 1. The minimum absolute atomic E-state index is 0.0175. The summed E-state index contributed by atoms with van der Waals surface area (Å²) in [7, 11) is 1.21. The molecular formula is C81H159N2O7P. The normalized spacial score (nSPS) is 13.4. The second-order valence-corrected chi connectivity index (χ2v) is 30.7. The molecule has 0 saturated heterocycles. The summed E-state index contributed by atoms with van der Waals surface area (Å²) in [4.78, 5) is 40.3. The summed E-state index contributed by atoms with van der Waals surface area (Å²) in [6, 6.07) is -0.883. The van der Waals surface area contributed by atoms with Gasteiger partial charge in [-0.15, -0.1) is 0 Å². The average Bonchev–Trinajstić information content (AvgIpc) is 3.08. The van der Waals surface area contributed by atoms with E-state index in [9.17, 15) is 19.0 Å². The number of nitrogens with zero attached hydrogens (tertiary/aromatic N) is 1. The molecule has 0 fully saturated rings. The Labute approximate surface area is 568 Å². The van der Waals surface area contributed by atoms with Crippen molar-refractivity contribution in [3.63, 3.8) is 0 Å². The number of ether oxygens (including phenoxy) is 1. The van der Waals surface area contributed by atoms with Crippen LogP contribution in [-0.4, -0.2) is 69.4 Å². The smallest absolute Gasteiger partial charge is 0.306 e. The van der Waals surface area contributed by atoms with Gasteiger partial charge >= 0.3 is 5.97 Å². The van der Waals surface area contributed by atoms with Crippen molar-refractivity contribution < 1.29 is 37.3 Å². The van der Waals surface area contributed by atoms with Crippen LogP contribution in [0.2, 0.25) is 0 Å². The molecule has 540 valence electrons. The highest BCUT2D eigenvalue weighted by Gasteiger charge is 2.27. The highest BCUT2D eigenvalue weighted by Crippen LogP contribution is 2.38. The molecule has 0 saturated carbocycles.